The van der Waals surface area contributed by atoms with E-state index in [1.807, 2.05) is 18.2 Å². The standard InChI is InChI=1S/C16H17N3O2/c20-16(21)12-5-3-9-18-14(12)11-19-10-4-7-15(19)13-6-1-2-8-17-13/h1-3,5-6,8-9,15H,4,7,10-11H2,(H,20,21)/t15-/m1/s1. The molecule has 5 heteroatoms. The molecule has 2 aromatic rings. The van der Waals surface area contributed by atoms with Gasteiger partial charge in [-0.1, -0.05) is 6.07 Å². The molecule has 0 saturated carbocycles. The Labute approximate surface area is 123 Å². The molecule has 0 spiro atoms. The molecular formula is C16H17N3O2. The molecule has 2 aromatic heterocycles. The van der Waals surface area contributed by atoms with Crippen molar-refractivity contribution in [2.45, 2.75) is 25.4 Å². The highest BCUT2D eigenvalue weighted by molar-refractivity contribution is 5.88. The van der Waals surface area contributed by atoms with Crippen LogP contribution in [0.5, 0.6) is 0 Å². The predicted octanol–water partition coefficient (Wildman–Crippen LogP) is 2.51. The summed E-state index contributed by atoms with van der Waals surface area (Å²) in [5, 5.41) is 9.25. The van der Waals surface area contributed by atoms with Gasteiger partial charge in [-0.25, -0.2) is 4.79 Å². The maximum absolute atomic E-state index is 11.3. The molecule has 0 radical (unpaired) electrons. The van der Waals surface area contributed by atoms with Gasteiger partial charge in [0.25, 0.3) is 0 Å². The van der Waals surface area contributed by atoms with Crippen LogP contribution in [0.25, 0.3) is 0 Å². The number of aromatic carboxylic acids is 1. The van der Waals surface area contributed by atoms with Crippen molar-refractivity contribution in [2.24, 2.45) is 0 Å². The van der Waals surface area contributed by atoms with Crippen LogP contribution in [0.15, 0.2) is 42.7 Å². The number of rotatable bonds is 4. The summed E-state index contributed by atoms with van der Waals surface area (Å²) >= 11 is 0. The molecular weight excluding hydrogens is 266 g/mol. The summed E-state index contributed by atoms with van der Waals surface area (Å²) in [4.78, 5) is 22.2. The molecule has 0 amide bonds. The first-order valence-electron chi connectivity index (χ1n) is 7.08. The average molecular weight is 283 g/mol. The molecule has 0 unspecified atom stereocenters. The van der Waals surface area contributed by atoms with Crippen LogP contribution in [-0.4, -0.2) is 32.5 Å². The first-order valence-corrected chi connectivity index (χ1v) is 7.08. The van der Waals surface area contributed by atoms with Crippen LogP contribution in [0, 0.1) is 0 Å². The van der Waals surface area contributed by atoms with Crippen LogP contribution in [0.2, 0.25) is 0 Å². The van der Waals surface area contributed by atoms with E-state index in [0.717, 1.165) is 25.1 Å². The topological polar surface area (TPSA) is 66.3 Å². The van der Waals surface area contributed by atoms with E-state index >= 15 is 0 Å². The van der Waals surface area contributed by atoms with Gasteiger partial charge in [-0.3, -0.25) is 14.9 Å². The van der Waals surface area contributed by atoms with E-state index in [-0.39, 0.29) is 11.6 Å². The number of carboxylic acids is 1. The Morgan fingerprint density at radius 1 is 1.24 bits per heavy atom. The van der Waals surface area contributed by atoms with Crippen molar-refractivity contribution >= 4 is 5.97 Å². The van der Waals surface area contributed by atoms with Crippen LogP contribution in [0.3, 0.4) is 0 Å². The third-order valence-electron chi connectivity index (χ3n) is 3.87. The van der Waals surface area contributed by atoms with E-state index in [1.54, 1.807) is 24.5 Å². The second-order valence-corrected chi connectivity index (χ2v) is 5.19. The lowest BCUT2D eigenvalue weighted by atomic mass is 10.1. The van der Waals surface area contributed by atoms with Crippen molar-refractivity contribution in [3.63, 3.8) is 0 Å². The van der Waals surface area contributed by atoms with Crippen LogP contribution in [0.1, 0.15) is 40.6 Å². The van der Waals surface area contributed by atoms with Crippen molar-refractivity contribution in [3.05, 3.63) is 59.7 Å². The fraction of sp³-hybridized carbons (Fsp3) is 0.312. The molecule has 3 rings (SSSR count). The lowest BCUT2D eigenvalue weighted by Crippen LogP contribution is -2.25. The molecule has 1 aliphatic rings. The van der Waals surface area contributed by atoms with Crippen LogP contribution < -0.4 is 0 Å². The zero-order chi connectivity index (χ0) is 14.7. The van der Waals surface area contributed by atoms with Gasteiger partial charge in [0.2, 0.25) is 0 Å². The molecule has 3 heterocycles. The summed E-state index contributed by atoms with van der Waals surface area (Å²) < 4.78 is 0. The zero-order valence-corrected chi connectivity index (χ0v) is 11.6. The maximum atomic E-state index is 11.3. The maximum Gasteiger partial charge on any atom is 0.337 e. The molecule has 0 aliphatic carbocycles. The Morgan fingerprint density at radius 2 is 2.10 bits per heavy atom. The highest BCUT2D eigenvalue weighted by Gasteiger charge is 2.28. The molecule has 1 atom stereocenters. The van der Waals surface area contributed by atoms with Crippen LogP contribution >= 0.6 is 0 Å². The van der Waals surface area contributed by atoms with E-state index < -0.39 is 5.97 Å². The van der Waals surface area contributed by atoms with Crippen molar-refractivity contribution in [2.75, 3.05) is 6.54 Å². The highest BCUT2D eigenvalue weighted by atomic mass is 16.4. The lowest BCUT2D eigenvalue weighted by molar-refractivity contribution is 0.0693. The minimum absolute atomic E-state index is 0.245. The van der Waals surface area contributed by atoms with Gasteiger partial charge < -0.3 is 5.11 Å². The average Bonchev–Trinajstić information content (AvgIpc) is 2.96. The van der Waals surface area contributed by atoms with Gasteiger partial charge in [-0.2, -0.15) is 0 Å². The first kappa shape index (κ1) is 13.7. The molecule has 0 aromatic carbocycles. The van der Waals surface area contributed by atoms with Gasteiger partial charge >= 0.3 is 5.97 Å². The fourth-order valence-electron chi connectivity index (χ4n) is 2.87. The lowest BCUT2D eigenvalue weighted by Gasteiger charge is -2.24. The second kappa shape index (κ2) is 6.01. The van der Waals surface area contributed by atoms with Crippen LogP contribution in [0.4, 0.5) is 0 Å². The van der Waals surface area contributed by atoms with Crippen molar-refractivity contribution in [1.29, 1.82) is 0 Å². The molecule has 21 heavy (non-hydrogen) atoms. The molecule has 1 aliphatic heterocycles. The molecule has 0 bridgehead atoms. The number of nitrogens with zero attached hydrogens (tertiary/aromatic N) is 3. The highest BCUT2D eigenvalue weighted by Crippen LogP contribution is 2.31. The zero-order valence-electron chi connectivity index (χ0n) is 11.6. The summed E-state index contributed by atoms with van der Waals surface area (Å²) in [6, 6.07) is 9.44. The minimum Gasteiger partial charge on any atom is -0.478 e. The first-order chi connectivity index (χ1) is 10.3. The predicted molar refractivity (Wildman–Crippen MR) is 77.8 cm³/mol. The Bertz CT molecular complexity index is 630. The second-order valence-electron chi connectivity index (χ2n) is 5.19. The molecule has 5 nitrogen and oxygen atoms in total. The molecule has 1 N–H and O–H groups in total. The molecule has 1 saturated heterocycles. The van der Waals surface area contributed by atoms with E-state index in [4.69, 9.17) is 0 Å². The molecule has 1 fully saturated rings. The number of carboxylic acid groups (broad SMARTS) is 1. The third kappa shape index (κ3) is 2.92. The monoisotopic (exact) mass is 283 g/mol. The Kier molecular flexibility index (Phi) is 3.92. The Balaban J connectivity index is 1.83. The number of pyridine rings is 2. The van der Waals surface area contributed by atoms with Gasteiger partial charge in [0.05, 0.1) is 23.0 Å². The van der Waals surface area contributed by atoms with Gasteiger partial charge in [-0.05, 0) is 43.7 Å². The van der Waals surface area contributed by atoms with E-state index in [1.165, 1.54) is 0 Å². The van der Waals surface area contributed by atoms with Gasteiger partial charge in [0.15, 0.2) is 0 Å². The summed E-state index contributed by atoms with van der Waals surface area (Å²) in [6.45, 7) is 1.49. The summed E-state index contributed by atoms with van der Waals surface area (Å²) in [6.07, 6.45) is 5.59. The van der Waals surface area contributed by atoms with Gasteiger partial charge in [0, 0.05) is 18.9 Å². The summed E-state index contributed by atoms with van der Waals surface area (Å²) in [7, 11) is 0. The van der Waals surface area contributed by atoms with Crippen molar-refractivity contribution in [3.8, 4) is 0 Å². The van der Waals surface area contributed by atoms with E-state index in [9.17, 15) is 9.90 Å². The van der Waals surface area contributed by atoms with Crippen molar-refractivity contribution in [1.82, 2.24) is 14.9 Å². The SMILES string of the molecule is O=C(O)c1cccnc1CN1CCC[C@@H]1c1ccccn1. The van der Waals surface area contributed by atoms with E-state index in [2.05, 4.69) is 14.9 Å². The largest absolute Gasteiger partial charge is 0.478 e. The Morgan fingerprint density at radius 3 is 2.86 bits per heavy atom. The van der Waals surface area contributed by atoms with Crippen LogP contribution in [-0.2, 0) is 6.54 Å². The number of carbonyl (C=O) groups is 1. The van der Waals surface area contributed by atoms with Crippen molar-refractivity contribution < 1.29 is 9.90 Å². The van der Waals surface area contributed by atoms with Gasteiger partial charge in [0.1, 0.15) is 0 Å². The van der Waals surface area contributed by atoms with E-state index in [0.29, 0.717) is 12.2 Å². The minimum atomic E-state index is -0.924. The Hall–Kier alpha value is -2.27. The molecule has 108 valence electrons. The smallest absolute Gasteiger partial charge is 0.337 e. The quantitative estimate of drug-likeness (QED) is 0.934. The number of hydrogen-bond donors (Lipinski definition) is 1. The number of hydrogen-bond acceptors (Lipinski definition) is 4. The van der Waals surface area contributed by atoms with Gasteiger partial charge in [-0.15, -0.1) is 0 Å². The fourth-order valence-corrected chi connectivity index (χ4v) is 2.87. The number of likely N-dealkylation sites (tertiary alicyclic amines) is 1. The normalized spacial score (nSPS) is 18.8. The summed E-state index contributed by atoms with van der Waals surface area (Å²) in [5.74, 6) is -0.924. The summed E-state index contributed by atoms with van der Waals surface area (Å²) in [5.41, 5.74) is 1.94. The third-order valence-corrected chi connectivity index (χ3v) is 3.87. The number of aromatic nitrogens is 2.